The molecule has 1 aliphatic rings. The van der Waals surface area contributed by atoms with Gasteiger partial charge in [0.25, 0.3) is 0 Å². The van der Waals surface area contributed by atoms with E-state index in [1.165, 1.54) is 23.3 Å². The number of thioether (sulfide) groups is 1. The molecule has 0 saturated carbocycles. The highest BCUT2D eigenvalue weighted by atomic mass is 32.2. The molecule has 1 heterocycles. The van der Waals surface area contributed by atoms with Gasteiger partial charge in [0.05, 0.1) is 0 Å². The van der Waals surface area contributed by atoms with E-state index in [9.17, 15) is 0 Å². The summed E-state index contributed by atoms with van der Waals surface area (Å²) in [5.41, 5.74) is 1.50. The lowest BCUT2D eigenvalue weighted by atomic mass is 9.87. The molecule has 2 aromatic rings. The average Bonchev–Trinajstić information content (AvgIpc) is 2.55. The number of rotatable bonds is 4. The standard InChI is InChI=1S/C18H21NS/c1-3-7-15(8-4-1)16-11-12-19-17(13-16)14-20-18-9-5-2-6-10-18/h1-10,16-17,19H,11-14H2/t16-,17+/m1/s1. The second-order valence-electron chi connectivity index (χ2n) is 5.41. The van der Waals surface area contributed by atoms with Crippen molar-refractivity contribution in [1.82, 2.24) is 5.32 Å². The third-order valence-corrected chi connectivity index (χ3v) is 5.13. The van der Waals surface area contributed by atoms with E-state index in [1.807, 2.05) is 11.8 Å². The van der Waals surface area contributed by atoms with Gasteiger partial charge >= 0.3 is 0 Å². The highest BCUT2D eigenvalue weighted by Crippen LogP contribution is 2.29. The summed E-state index contributed by atoms with van der Waals surface area (Å²) in [6, 6.07) is 22.3. The van der Waals surface area contributed by atoms with Crippen LogP contribution < -0.4 is 5.32 Å². The molecule has 0 aromatic heterocycles. The van der Waals surface area contributed by atoms with Crippen LogP contribution in [0.3, 0.4) is 0 Å². The summed E-state index contributed by atoms with van der Waals surface area (Å²) < 4.78 is 0. The molecule has 1 N–H and O–H groups in total. The van der Waals surface area contributed by atoms with Gasteiger partial charge in [-0.25, -0.2) is 0 Å². The molecule has 0 spiro atoms. The molecule has 1 nitrogen and oxygen atoms in total. The quantitative estimate of drug-likeness (QED) is 0.839. The van der Waals surface area contributed by atoms with E-state index in [2.05, 4.69) is 66.0 Å². The zero-order chi connectivity index (χ0) is 13.6. The highest BCUT2D eigenvalue weighted by Gasteiger charge is 2.22. The zero-order valence-corrected chi connectivity index (χ0v) is 12.5. The van der Waals surface area contributed by atoms with E-state index in [0.29, 0.717) is 6.04 Å². The predicted molar refractivity (Wildman–Crippen MR) is 87.4 cm³/mol. The lowest BCUT2D eigenvalue weighted by Crippen LogP contribution is -2.38. The summed E-state index contributed by atoms with van der Waals surface area (Å²) >= 11 is 1.96. The van der Waals surface area contributed by atoms with Crippen LogP contribution in [0.1, 0.15) is 24.3 Å². The van der Waals surface area contributed by atoms with Gasteiger partial charge in [0.2, 0.25) is 0 Å². The summed E-state index contributed by atoms with van der Waals surface area (Å²) in [5, 5.41) is 3.67. The molecule has 0 radical (unpaired) electrons. The molecule has 2 heteroatoms. The van der Waals surface area contributed by atoms with Crippen molar-refractivity contribution < 1.29 is 0 Å². The maximum absolute atomic E-state index is 3.67. The van der Waals surface area contributed by atoms with Crippen LogP contribution in [-0.4, -0.2) is 18.3 Å². The van der Waals surface area contributed by atoms with Crippen LogP contribution in [0.5, 0.6) is 0 Å². The van der Waals surface area contributed by atoms with Crippen LogP contribution >= 0.6 is 11.8 Å². The minimum atomic E-state index is 0.624. The lowest BCUT2D eigenvalue weighted by molar-refractivity contribution is 0.385. The van der Waals surface area contributed by atoms with Gasteiger partial charge in [0.15, 0.2) is 0 Å². The Bertz CT molecular complexity index is 511. The van der Waals surface area contributed by atoms with Gasteiger partial charge in [-0.1, -0.05) is 48.5 Å². The van der Waals surface area contributed by atoms with Crippen LogP contribution in [0.2, 0.25) is 0 Å². The SMILES string of the molecule is c1ccc(SC[C@@H]2C[C@H](c3ccccc3)CCN2)cc1. The van der Waals surface area contributed by atoms with Crippen LogP contribution in [0.15, 0.2) is 65.6 Å². The van der Waals surface area contributed by atoms with Crippen molar-refractivity contribution in [3.8, 4) is 0 Å². The van der Waals surface area contributed by atoms with Crippen molar-refractivity contribution >= 4 is 11.8 Å². The first-order valence-corrected chi connectivity index (χ1v) is 8.36. The van der Waals surface area contributed by atoms with Crippen molar-refractivity contribution in [2.45, 2.75) is 29.7 Å². The molecule has 3 rings (SSSR count). The van der Waals surface area contributed by atoms with Gasteiger partial charge in [-0.3, -0.25) is 0 Å². The smallest absolute Gasteiger partial charge is 0.0167 e. The first kappa shape index (κ1) is 13.7. The molecule has 0 bridgehead atoms. The first-order chi connectivity index (χ1) is 9.92. The van der Waals surface area contributed by atoms with E-state index < -0.39 is 0 Å². The average molecular weight is 283 g/mol. The normalized spacial score (nSPS) is 22.6. The Morgan fingerprint density at radius 3 is 2.40 bits per heavy atom. The van der Waals surface area contributed by atoms with Crippen LogP contribution in [0.25, 0.3) is 0 Å². The van der Waals surface area contributed by atoms with Gasteiger partial charge in [0.1, 0.15) is 0 Å². The zero-order valence-electron chi connectivity index (χ0n) is 11.7. The molecule has 0 unspecified atom stereocenters. The first-order valence-electron chi connectivity index (χ1n) is 7.38. The van der Waals surface area contributed by atoms with E-state index >= 15 is 0 Å². The van der Waals surface area contributed by atoms with Crippen LogP contribution in [0.4, 0.5) is 0 Å². The van der Waals surface area contributed by atoms with Crippen LogP contribution in [-0.2, 0) is 0 Å². The molecule has 2 atom stereocenters. The fraction of sp³-hybridized carbons (Fsp3) is 0.333. The van der Waals surface area contributed by atoms with E-state index in [0.717, 1.165) is 18.2 Å². The summed E-state index contributed by atoms with van der Waals surface area (Å²) in [6.07, 6.45) is 2.51. The number of piperidine rings is 1. The Balaban J connectivity index is 1.56. The number of benzene rings is 2. The number of nitrogens with one attached hydrogen (secondary N) is 1. The third-order valence-electron chi connectivity index (χ3n) is 3.96. The van der Waals surface area contributed by atoms with E-state index in [4.69, 9.17) is 0 Å². The Labute approximate surface area is 125 Å². The predicted octanol–water partition coefficient (Wildman–Crippen LogP) is 4.31. The molecule has 1 fully saturated rings. The van der Waals surface area contributed by atoms with E-state index in [-0.39, 0.29) is 0 Å². The molecule has 0 amide bonds. The largest absolute Gasteiger partial charge is 0.313 e. The van der Waals surface area contributed by atoms with Gasteiger partial charge in [-0.15, -0.1) is 11.8 Å². The van der Waals surface area contributed by atoms with Gasteiger partial charge in [0, 0.05) is 16.7 Å². The molecule has 2 aromatic carbocycles. The van der Waals surface area contributed by atoms with Crippen molar-refractivity contribution in [1.29, 1.82) is 0 Å². The summed E-state index contributed by atoms with van der Waals surface area (Å²) in [6.45, 7) is 1.14. The maximum Gasteiger partial charge on any atom is 0.0167 e. The Kier molecular flexibility index (Phi) is 4.77. The van der Waals surface area contributed by atoms with Gasteiger partial charge in [-0.2, -0.15) is 0 Å². The lowest BCUT2D eigenvalue weighted by Gasteiger charge is -2.30. The Morgan fingerprint density at radius 2 is 1.65 bits per heavy atom. The topological polar surface area (TPSA) is 12.0 Å². The van der Waals surface area contributed by atoms with Crippen LogP contribution in [0, 0.1) is 0 Å². The molecule has 0 aliphatic carbocycles. The number of hydrogen-bond acceptors (Lipinski definition) is 2. The fourth-order valence-electron chi connectivity index (χ4n) is 2.87. The third kappa shape index (κ3) is 3.65. The van der Waals surface area contributed by atoms with Crippen molar-refractivity contribution in [2.24, 2.45) is 0 Å². The Hall–Kier alpha value is -1.25. The second kappa shape index (κ2) is 6.96. The summed E-state index contributed by atoms with van der Waals surface area (Å²) in [5.74, 6) is 1.88. The van der Waals surface area contributed by atoms with E-state index in [1.54, 1.807) is 0 Å². The van der Waals surface area contributed by atoms with Crippen molar-refractivity contribution in [2.75, 3.05) is 12.3 Å². The minimum Gasteiger partial charge on any atom is -0.313 e. The molecule has 1 saturated heterocycles. The molecule has 1 aliphatic heterocycles. The van der Waals surface area contributed by atoms with Gasteiger partial charge < -0.3 is 5.32 Å². The molecular weight excluding hydrogens is 262 g/mol. The molecular formula is C18H21NS. The number of hydrogen-bond donors (Lipinski definition) is 1. The fourth-order valence-corrected chi connectivity index (χ4v) is 3.87. The van der Waals surface area contributed by atoms with Crippen molar-refractivity contribution in [3.05, 3.63) is 66.2 Å². The summed E-state index contributed by atoms with van der Waals surface area (Å²) in [4.78, 5) is 1.37. The molecule has 104 valence electrons. The highest BCUT2D eigenvalue weighted by molar-refractivity contribution is 7.99. The maximum atomic E-state index is 3.67. The van der Waals surface area contributed by atoms with Crippen molar-refractivity contribution in [3.63, 3.8) is 0 Å². The second-order valence-corrected chi connectivity index (χ2v) is 6.50. The minimum absolute atomic E-state index is 0.624. The monoisotopic (exact) mass is 283 g/mol. The molecule has 20 heavy (non-hydrogen) atoms. The van der Waals surface area contributed by atoms with Gasteiger partial charge in [-0.05, 0) is 43.0 Å². The summed E-state index contributed by atoms with van der Waals surface area (Å²) in [7, 11) is 0. The Morgan fingerprint density at radius 1 is 0.950 bits per heavy atom.